The van der Waals surface area contributed by atoms with Crippen LogP contribution in [0.2, 0.25) is 0 Å². The molecule has 5 rings (SSSR count). The van der Waals surface area contributed by atoms with Gasteiger partial charge in [0.1, 0.15) is 5.69 Å². The minimum Gasteiger partial charge on any atom is -0.463 e. The molecule has 0 aliphatic rings. The van der Waals surface area contributed by atoms with Gasteiger partial charge in [-0.3, -0.25) is 0 Å². The molecular formula is C27H19NO3. The number of fused-ring (bicyclic) bond motifs is 1. The Kier molecular flexibility index (Phi) is 5.03. The SMILES string of the molecule is O=C(OC(c1ccccc1)c1ccccc1)c1cc(-c2ccco2)nc2ccccc12. The molecule has 0 N–H and O–H groups in total. The fourth-order valence-electron chi connectivity index (χ4n) is 3.65. The Balaban J connectivity index is 1.59. The van der Waals surface area contributed by atoms with E-state index in [1.807, 2.05) is 91.0 Å². The van der Waals surface area contributed by atoms with Gasteiger partial charge < -0.3 is 9.15 Å². The first-order valence-corrected chi connectivity index (χ1v) is 10.0. The van der Waals surface area contributed by atoms with E-state index in [1.54, 1.807) is 18.4 Å². The summed E-state index contributed by atoms with van der Waals surface area (Å²) in [5, 5.41) is 0.739. The number of nitrogens with zero attached hydrogens (tertiary/aromatic N) is 1. The second-order valence-corrected chi connectivity index (χ2v) is 7.16. The molecule has 4 nitrogen and oxygen atoms in total. The van der Waals surface area contributed by atoms with Gasteiger partial charge in [0.2, 0.25) is 0 Å². The zero-order valence-corrected chi connectivity index (χ0v) is 16.6. The van der Waals surface area contributed by atoms with Crippen LogP contribution in [0.4, 0.5) is 0 Å². The van der Waals surface area contributed by atoms with Crippen molar-refractivity contribution in [2.45, 2.75) is 6.10 Å². The lowest BCUT2D eigenvalue weighted by atomic mass is 10.0. The van der Waals surface area contributed by atoms with Crippen LogP contribution in [0.5, 0.6) is 0 Å². The fraction of sp³-hybridized carbons (Fsp3) is 0.0370. The van der Waals surface area contributed by atoms with Gasteiger partial charge in [-0.25, -0.2) is 9.78 Å². The summed E-state index contributed by atoms with van der Waals surface area (Å²) in [6.07, 6.45) is 1.07. The van der Waals surface area contributed by atoms with Crippen molar-refractivity contribution in [2.24, 2.45) is 0 Å². The molecule has 0 unspecified atom stereocenters. The minimum atomic E-state index is -0.520. The first kappa shape index (κ1) is 18.8. The Morgan fingerprint density at radius 2 is 1.42 bits per heavy atom. The molecule has 3 aromatic carbocycles. The fourth-order valence-corrected chi connectivity index (χ4v) is 3.65. The van der Waals surface area contributed by atoms with Crippen LogP contribution in [-0.4, -0.2) is 11.0 Å². The third kappa shape index (κ3) is 3.83. The summed E-state index contributed by atoms with van der Waals surface area (Å²) in [6.45, 7) is 0. The number of carbonyl (C=O) groups excluding carboxylic acids is 1. The molecular weight excluding hydrogens is 386 g/mol. The highest BCUT2D eigenvalue weighted by Crippen LogP contribution is 2.30. The Morgan fingerprint density at radius 3 is 2.06 bits per heavy atom. The van der Waals surface area contributed by atoms with E-state index in [-0.39, 0.29) is 0 Å². The lowest BCUT2D eigenvalue weighted by Crippen LogP contribution is -2.14. The second-order valence-electron chi connectivity index (χ2n) is 7.16. The highest BCUT2D eigenvalue weighted by atomic mass is 16.5. The predicted molar refractivity (Wildman–Crippen MR) is 120 cm³/mol. The summed E-state index contributed by atoms with van der Waals surface area (Å²) in [5.74, 6) is 0.187. The van der Waals surface area contributed by atoms with Crippen LogP contribution >= 0.6 is 0 Å². The highest BCUT2D eigenvalue weighted by molar-refractivity contribution is 6.04. The van der Waals surface area contributed by atoms with Crippen molar-refractivity contribution in [3.8, 4) is 11.5 Å². The lowest BCUT2D eigenvalue weighted by molar-refractivity contribution is 0.0380. The highest BCUT2D eigenvalue weighted by Gasteiger charge is 2.22. The van der Waals surface area contributed by atoms with Gasteiger partial charge in [-0.1, -0.05) is 78.9 Å². The van der Waals surface area contributed by atoms with E-state index in [9.17, 15) is 4.79 Å². The van der Waals surface area contributed by atoms with Crippen LogP contribution in [0.15, 0.2) is 114 Å². The van der Waals surface area contributed by atoms with Crippen molar-refractivity contribution in [2.75, 3.05) is 0 Å². The minimum absolute atomic E-state index is 0.413. The number of pyridine rings is 1. The molecule has 0 atom stereocenters. The van der Waals surface area contributed by atoms with E-state index < -0.39 is 12.1 Å². The number of hydrogen-bond acceptors (Lipinski definition) is 4. The average molecular weight is 405 g/mol. The van der Waals surface area contributed by atoms with Gasteiger partial charge in [0, 0.05) is 5.39 Å². The molecule has 2 aromatic heterocycles. The van der Waals surface area contributed by atoms with Gasteiger partial charge in [0.25, 0.3) is 0 Å². The topological polar surface area (TPSA) is 52.3 Å². The van der Waals surface area contributed by atoms with Gasteiger partial charge in [-0.2, -0.15) is 0 Å². The van der Waals surface area contributed by atoms with Crippen molar-refractivity contribution in [1.82, 2.24) is 4.98 Å². The average Bonchev–Trinajstić information content (AvgIpc) is 3.38. The standard InChI is InChI=1S/C27H19NO3/c29-27(31-26(19-10-3-1-4-11-19)20-12-5-2-6-13-20)22-18-24(25-16-9-17-30-25)28-23-15-8-7-14-21(22)23/h1-18,26H. The summed E-state index contributed by atoms with van der Waals surface area (Å²) in [4.78, 5) is 18.1. The van der Waals surface area contributed by atoms with E-state index in [0.29, 0.717) is 22.5 Å². The first-order chi connectivity index (χ1) is 15.3. The van der Waals surface area contributed by atoms with Crippen LogP contribution in [-0.2, 0) is 4.74 Å². The number of benzene rings is 3. The van der Waals surface area contributed by atoms with Gasteiger partial charge in [-0.15, -0.1) is 0 Å². The Bertz CT molecular complexity index is 1270. The maximum atomic E-state index is 13.5. The number of rotatable bonds is 5. The van der Waals surface area contributed by atoms with E-state index >= 15 is 0 Å². The molecule has 0 saturated carbocycles. The summed E-state index contributed by atoms with van der Waals surface area (Å²) >= 11 is 0. The van der Waals surface area contributed by atoms with Crippen molar-refractivity contribution in [1.29, 1.82) is 0 Å². The third-order valence-corrected chi connectivity index (χ3v) is 5.14. The predicted octanol–water partition coefficient (Wildman–Crippen LogP) is 6.44. The number of ether oxygens (including phenoxy) is 1. The van der Waals surface area contributed by atoms with Crippen LogP contribution in [0.3, 0.4) is 0 Å². The molecule has 0 aliphatic heterocycles. The number of furan rings is 1. The molecule has 0 radical (unpaired) electrons. The molecule has 31 heavy (non-hydrogen) atoms. The van der Waals surface area contributed by atoms with Crippen molar-refractivity contribution in [3.05, 3.63) is 126 Å². The monoisotopic (exact) mass is 405 g/mol. The first-order valence-electron chi connectivity index (χ1n) is 10.0. The number of aromatic nitrogens is 1. The molecule has 0 amide bonds. The largest absolute Gasteiger partial charge is 0.463 e. The molecule has 150 valence electrons. The molecule has 2 heterocycles. The maximum absolute atomic E-state index is 13.5. The van der Waals surface area contributed by atoms with Crippen LogP contribution in [0.1, 0.15) is 27.6 Å². The quantitative estimate of drug-likeness (QED) is 0.316. The molecule has 0 aliphatic carbocycles. The molecule has 0 bridgehead atoms. The van der Waals surface area contributed by atoms with Crippen molar-refractivity contribution in [3.63, 3.8) is 0 Å². The lowest BCUT2D eigenvalue weighted by Gasteiger charge is -2.19. The Morgan fingerprint density at radius 1 is 0.774 bits per heavy atom. The Hall–Kier alpha value is -4.18. The number of carbonyl (C=O) groups is 1. The summed E-state index contributed by atoms with van der Waals surface area (Å²) in [7, 11) is 0. The van der Waals surface area contributed by atoms with E-state index in [2.05, 4.69) is 4.98 Å². The van der Waals surface area contributed by atoms with Gasteiger partial charge in [0.15, 0.2) is 11.9 Å². The zero-order chi connectivity index (χ0) is 21.0. The number of para-hydroxylation sites is 1. The van der Waals surface area contributed by atoms with Crippen LogP contribution < -0.4 is 0 Å². The van der Waals surface area contributed by atoms with E-state index in [0.717, 1.165) is 16.5 Å². The molecule has 5 aromatic rings. The van der Waals surface area contributed by atoms with E-state index in [4.69, 9.17) is 9.15 Å². The number of hydrogen-bond donors (Lipinski definition) is 0. The van der Waals surface area contributed by atoms with Crippen LogP contribution in [0, 0.1) is 0 Å². The second kappa shape index (κ2) is 8.28. The van der Waals surface area contributed by atoms with E-state index in [1.165, 1.54) is 0 Å². The molecule has 0 spiro atoms. The summed E-state index contributed by atoms with van der Waals surface area (Å²) in [6, 6.07) is 32.4. The molecule has 4 heteroatoms. The van der Waals surface area contributed by atoms with Gasteiger partial charge >= 0.3 is 5.97 Å². The molecule has 0 saturated heterocycles. The summed E-state index contributed by atoms with van der Waals surface area (Å²) < 4.78 is 11.6. The van der Waals surface area contributed by atoms with Gasteiger partial charge in [0.05, 0.1) is 17.3 Å². The molecule has 0 fully saturated rings. The third-order valence-electron chi connectivity index (χ3n) is 5.14. The maximum Gasteiger partial charge on any atom is 0.339 e. The number of esters is 1. The van der Waals surface area contributed by atoms with Crippen molar-refractivity contribution >= 4 is 16.9 Å². The normalized spacial score (nSPS) is 11.0. The van der Waals surface area contributed by atoms with Gasteiger partial charge in [-0.05, 0) is 35.4 Å². The van der Waals surface area contributed by atoms with Crippen molar-refractivity contribution < 1.29 is 13.9 Å². The zero-order valence-electron chi connectivity index (χ0n) is 16.6. The smallest absolute Gasteiger partial charge is 0.339 e. The Labute approximate surface area is 179 Å². The summed E-state index contributed by atoms with van der Waals surface area (Å²) in [5.41, 5.74) is 3.57. The van der Waals surface area contributed by atoms with Crippen LogP contribution in [0.25, 0.3) is 22.4 Å².